The Morgan fingerprint density at radius 2 is 2.00 bits per heavy atom. The van der Waals surface area contributed by atoms with Crippen molar-refractivity contribution in [2.75, 3.05) is 0 Å². The average Bonchev–Trinajstić information content (AvgIpc) is 2.16. The van der Waals surface area contributed by atoms with Gasteiger partial charge in [0.25, 0.3) is 0 Å². The molecular formula is C10H14O4. The number of allylic oxidation sites excluding steroid dienone is 2. The molecule has 78 valence electrons. The second-order valence-electron chi connectivity index (χ2n) is 3.54. The molecule has 0 aromatic carbocycles. The van der Waals surface area contributed by atoms with Crippen molar-refractivity contribution in [3.63, 3.8) is 0 Å². The van der Waals surface area contributed by atoms with E-state index in [0.29, 0.717) is 12.8 Å². The van der Waals surface area contributed by atoms with Crippen molar-refractivity contribution in [1.29, 1.82) is 0 Å². The molecule has 0 radical (unpaired) electrons. The van der Waals surface area contributed by atoms with Crippen molar-refractivity contribution in [3.05, 3.63) is 12.2 Å². The van der Waals surface area contributed by atoms with Crippen molar-refractivity contribution < 1.29 is 19.8 Å². The molecule has 0 amide bonds. The summed E-state index contributed by atoms with van der Waals surface area (Å²) in [6.45, 7) is 1.87. The summed E-state index contributed by atoms with van der Waals surface area (Å²) in [4.78, 5) is 21.8. The van der Waals surface area contributed by atoms with Gasteiger partial charge in [-0.05, 0) is 18.8 Å². The van der Waals surface area contributed by atoms with Crippen LogP contribution < -0.4 is 0 Å². The summed E-state index contributed by atoms with van der Waals surface area (Å²) in [7, 11) is 0. The van der Waals surface area contributed by atoms with Gasteiger partial charge in [0.15, 0.2) is 0 Å². The SMILES string of the molecule is CCC1C=CCC(C(=O)O)C1C(=O)O. The second-order valence-corrected chi connectivity index (χ2v) is 3.54. The molecule has 1 aliphatic rings. The molecule has 4 heteroatoms. The highest BCUT2D eigenvalue weighted by Crippen LogP contribution is 2.32. The van der Waals surface area contributed by atoms with Gasteiger partial charge in [-0.25, -0.2) is 0 Å². The molecule has 0 aromatic rings. The molecular weight excluding hydrogens is 184 g/mol. The van der Waals surface area contributed by atoms with E-state index in [4.69, 9.17) is 10.2 Å². The van der Waals surface area contributed by atoms with Gasteiger partial charge >= 0.3 is 11.9 Å². The van der Waals surface area contributed by atoms with E-state index in [-0.39, 0.29) is 5.92 Å². The van der Waals surface area contributed by atoms with Gasteiger partial charge in [-0.3, -0.25) is 9.59 Å². The number of aliphatic carboxylic acids is 2. The van der Waals surface area contributed by atoms with E-state index >= 15 is 0 Å². The monoisotopic (exact) mass is 198 g/mol. The Balaban J connectivity index is 2.92. The Bertz CT molecular complexity index is 269. The van der Waals surface area contributed by atoms with E-state index in [9.17, 15) is 9.59 Å². The summed E-state index contributed by atoms with van der Waals surface area (Å²) in [5, 5.41) is 17.8. The Morgan fingerprint density at radius 3 is 2.43 bits per heavy atom. The average molecular weight is 198 g/mol. The van der Waals surface area contributed by atoms with Crippen LogP contribution >= 0.6 is 0 Å². The quantitative estimate of drug-likeness (QED) is 0.672. The Morgan fingerprint density at radius 1 is 1.36 bits per heavy atom. The zero-order valence-electron chi connectivity index (χ0n) is 8.01. The summed E-state index contributed by atoms with van der Waals surface area (Å²) in [6, 6.07) is 0. The fourth-order valence-electron chi connectivity index (χ4n) is 1.96. The lowest BCUT2D eigenvalue weighted by molar-refractivity contribution is -0.155. The number of hydrogen-bond acceptors (Lipinski definition) is 2. The lowest BCUT2D eigenvalue weighted by Crippen LogP contribution is -2.36. The summed E-state index contributed by atoms with van der Waals surface area (Å²) >= 11 is 0. The van der Waals surface area contributed by atoms with Gasteiger partial charge in [-0.1, -0.05) is 19.1 Å². The number of rotatable bonds is 3. The molecule has 0 saturated carbocycles. The summed E-state index contributed by atoms with van der Waals surface area (Å²) < 4.78 is 0. The summed E-state index contributed by atoms with van der Waals surface area (Å²) in [5.74, 6) is -3.72. The lowest BCUT2D eigenvalue weighted by atomic mass is 9.75. The maximum absolute atomic E-state index is 10.9. The minimum Gasteiger partial charge on any atom is -0.481 e. The molecule has 0 heterocycles. The first-order valence-corrected chi connectivity index (χ1v) is 4.70. The summed E-state index contributed by atoms with van der Waals surface area (Å²) in [6.07, 6.45) is 4.57. The molecule has 4 nitrogen and oxygen atoms in total. The highest BCUT2D eigenvalue weighted by molar-refractivity contribution is 5.81. The van der Waals surface area contributed by atoms with E-state index in [1.807, 2.05) is 13.0 Å². The Hall–Kier alpha value is -1.32. The molecule has 0 fully saturated rings. The first-order chi connectivity index (χ1) is 6.57. The van der Waals surface area contributed by atoms with Crippen LogP contribution in [0, 0.1) is 17.8 Å². The van der Waals surface area contributed by atoms with Crippen LogP contribution in [0.15, 0.2) is 12.2 Å². The molecule has 0 bridgehead atoms. The highest BCUT2D eigenvalue weighted by atomic mass is 16.4. The smallest absolute Gasteiger partial charge is 0.307 e. The van der Waals surface area contributed by atoms with Crippen LogP contribution in [0.3, 0.4) is 0 Å². The van der Waals surface area contributed by atoms with E-state index in [2.05, 4.69) is 0 Å². The Kier molecular flexibility index (Phi) is 3.28. The molecule has 1 rings (SSSR count). The molecule has 2 N–H and O–H groups in total. The van der Waals surface area contributed by atoms with Crippen molar-refractivity contribution >= 4 is 11.9 Å². The molecule has 0 aromatic heterocycles. The molecule has 1 aliphatic carbocycles. The van der Waals surface area contributed by atoms with Crippen LogP contribution in [0.1, 0.15) is 19.8 Å². The molecule has 3 unspecified atom stereocenters. The molecule has 0 aliphatic heterocycles. The van der Waals surface area contributed by atoms with Gasteiger partial charge < -0.3 is 10.2 Å². The van der Waals surface area contributed by atoms with Crippen LogP contribution in [0.25, 0.3) is 0 Å². The van der Waals surface area contributed by atoms with Crippen molar-refractivity contribution in [1.82, 2.24) is 0 Å². The lowest BCUT2D eigenvalue weighted by Gasteiger charge is -2.28. The van der Waals surface area contributed by atoms with Crippen LogP contribution in [-0.4, -0.2) is 22.2 Å². The summed E-state index contributed by atoms with van der Waals surface area (Å²) in [5.41, 5.74) is 0. The van der Waals surface area contributed by atoms with E-state index in [0.717, 1.165) is 0 Å². The molecule has 14 heavy (non-hydrogen) atoms. The van der Waals surface area contributed by atoms with Gasteiger partial charge in [0, 0.05) is 0 Å². The topological polar surface area (TPSA) is 74.6 Å². The van der Waals surface area contributed by atoms with Gasteiger partial charge in [-0.2, -0.15) is 0 Å². The van der Waals surface area contributed by atoms with Crippen molar-refractivity contribution in [2.45, 2.75) is 19.8 Å². The van der Waals surface area contributed by atoms with Gasteiger partial charge in [0.1, 0.15) is 0 Å². The maximum atomic E-state index is 10.9. The minimum atomic E-state index is -1.01. The van der Waals surface area contributed by atoms with Gasteiger partial charge in [0.05, 0.1) is 11.8 Å². The maximum Gasteiger partial charge on any atom is 0.307 e. The number of carbonyl (C=O) groups is 2. The van der Waals surface area contributed by atoms with Gasteiger partial charge in [0.2, 0.25) is 0 Å². The number of carboxylic acids is 2. The first kappa shape index (κ1) is 10.8. The first-order valence-electron chi connectivity index (χ1n) is 4.70. The highest BCUT2D eigenvalue weighted by Gasteiger charge is 2.39. The van der Waals surface area contributed by atoms with E-state index in [1.165, 1.54) is 0 Å². The second kappa shape index (κ2) is 4.26. The van der Waals surface area contributed by atoms with Crippen LogP contribution in [0.5, 0.6) is 0 Å². The van der Waals surface area contributed by atoms with E-state index < -0.39 is 23.8 Å². The van der Waals surface area contributed by atoms with Crippen LogP contribution in [-0.2, 0) is 9.59 Å². The van der Waals surface area contributed by atoms with Crippen molar-refractivity contribution in [2.24, 2.45) is 17.8 Å². The fourth-order valence-corrected chi connectivity index (χ4v) is 1.96. The third kappa shape index (κ3) is 1.95. The number of hydrogen-bond donors (Lipinski definition) is 2. The molecule has 0 spiro atoms. The third-order valence-electron chi connectivity index (χ3n) is 2.74. The normalized spacial score (nSPS) is 31.4. The predicted octanol–water partition coefficient (Wildman–Crippen LogP) is 1.37. The fraction of sp³-hybridized carbons (Fsp3) is 0.600. The van der Waals surface area contributed by atoms with Crippen LogP contribution in [0.2, 0.25) is 0 Å². The Labute approximate surface area is 82.2 Å². The standard InChI is InChI=1S/C10H14O4/c1-2-6-4-3-5-7(9(11)12)8(6)10(13)14/h3-4,6-8H,2,5H2,1H3,(H,11,12)(H,13,14). The minimum absolute atomic E-state index is 0.151. The zero-order chi connectivity index (χ0) is 10.7. The number of carboxylic acid groups (broad SMARTS) is 2. The van der Waals surface area contributed by atoms with Crippen LogP contribution in [0.4, 0.5) is 0 Å². The third-order valence-corrected chi connectivity index (χ3v) is 2.74. The van der Waals surface area contributed by atoms with E-state index in [1.54, 1.807) is 6.08 Å². The molecule has 3 atom stereocenters. The van der Waals surface area contributed by atoms with Gasteiger partial charge in [-0.15, -0.1) is 0 Å². The predicted molar refractivity (Wildman–Crippen MR) is 49.8 cm³/mol. The zero-order valence-corrected chi connectivity index (χ0v) is 8.01. The molecule has 0 saturated heterocycles. The van der Waals surface area contributed by atoms with Crippen molar-refractivity contribution in [3.8, 4) is 0 Å². The largest absolute Gasteiger partial charge is 0.481 e.